The lowest BCUT2D eigenvalue weighted by Crippen LogP contribution is -2.06. The number of rotatable bonds is 9. The Morgan fingerprint density at radius 3 is 2.55 bits per heavy atom. The highest BCUT2D eigenvalue weighted by molar-refractivity contribution is 5.74. The Morgan fingerprint density at radius 2 is 1.81 bits per heavy atom. The van der Waals surface area contributed by atoms with Crippen molar-refractivity contribution in [3.8, 4) is 28.5 Å². The molecule has 8 nitrogen and oxygen atoms in total. The summed E-state index contributed by atoms with van der Waals surface area (Å²) in [5.74, 6) is 2.91. The molecule has 0 aliphatic carbocycles. The molecule has 31 heavy (non-hydrogen) atoms. The lowest BCUT2D eigenvalue weighted by atomic mass is 10.1. The van der Waals surface area contributed by atoms with Gasteiger partial charge in [0.05, 0.1) is 20.8 Å². The largest absolute Gasteiger partial charge is 0.497 e. The highest BCUT2D eigenvalue weighted by Crippen LogP contribution is 2.27. The quantitative estimate of drug-likeness (QED) is 0.416. The summed E-state index contributed by atoms with van der Waals surface area (Å²) < 4.78 is 18.2. The standard InChI is InChI=1S/C23H25N5O3/c1-29-19-11-16(12-20(15-19)30-2)13-21-26-23-22(25-8-9-28(23)27-21)17-5-3-6-18(14-17)31-10-4-7-24/h3,5-6,8-9,11-12,14-15H,4,7,10,13,24H2,1-2H3. The number of nitrogens with zero attached hydrogens (tertiary/aromatic N) is 4. The van der Waals surface area contributed by atoms with Gasteiger partial charge in [0.2, 0.25) is 0 Å². The summed E-state index contributed by atoms with van der Waals surface area (Å²) in [6, 6.07) is 13.6. The van der Waals surface area contributed by atoms with Gasteiger partial charge in [-0.15, -0.1) is 0 Å². The smallest absolute Gasteiger partial charge is 0.181 e. The number of hydrogen-bond donors (Lipinski definition) is 1. The van der Waals surface area contributed by atoms with Crippen molar-refractivity contribution in [1.29, 1.82) is 0 Å². The Kier molecular flexibility index (Phi) is 6.28. The van der Waals surface area contributed by atoms with E-state index in [4.69, 9.17) is 24.9 Å². The first-order valence-electron chi connectivity index (χ1n) is 10.1. The van der Waals surface area contributed by atoms with Gasteiger partial charge in [-0.1, -0.05) is 12.1 Å². The molecule has 0 bridgehead atoms. The number of fused-ring (bicyclic) bond motifs is 1. The number of aromatic nitrogens is 4. The second kappa shape index (κ2) is 9.44. The molecule has 4 aromatic rings. The van der Waals surface area contributed by atoms with Gasteiger partial charge in [-0.05, 0) is 42.8 Å². The molecular weight excluding hydrogens is 394 g/mol. The molecule has 4 rings (SSSR count). The van der Waals surface area contributed by atoms with Crippen LogP contribution in [0.25, 0.3) is 16.9 Å². The van der Waals surface area contributed by atoms with Crippen molar-refractivity contribution in [3.63, 3.8) is 0 Å². The number of nitrogens with two attached hydrogens (primary N) is 1. The molecule has 0 aliphatic heterocycles. The molecule has 0 spiro atoms. The zero-order chi connectivity index (χ0) is 21.6. The first-order chi connectivity index (χ1) is 15.2. The van der Waals surface area contributed by atoms with Gasteiger partial charge < -0.3 is 19.9 Å². The van der Waals surface area contributed by atoms with E-state index >= 15 is 0 Å². The topological polar surface area (TPSA) is 96.8 Å². The maximum absolute atomic E-state index is 5.77. The summed E-state index contributed by atoms with van der Waals surface area (Å²) >= 11 is 0. The van der Waals surface area contributed by atoms with Crippen LogP contribution in [0.5, 0.6) is 17.2 Å². The summed E-state index contributed by atoms with van der Waals surface area (Å²) in [6.07, 6.45) is 4.86. The van der Waals surface area contributed by atoms with Crippen LogP contribution < -0.4 is 19.9 Å². The fourth-order valence-corrected chi connectivity index (χ4v) is 3.30. The van der Waals surface area contributed by atoms with Crippen LogP contribution in [0.3, 0.4) is 0 Å². The zero-order valence-electron chi connectivity index (χ0n) is 17.6. The van der Waals surface area contributed by atoms with Gasteiger partial charge in [0, 0.05) is 30.4 Å². The first kappa shape index (κ1) is 20.6. The fourth-order valence-electron chi connectivity index (χ4n) is 3.30. The molecule has 0 atom stereocenters. The Balaban J connectivity index is 1.64. The van der Waals surface area contributed by atoms with Crippen LogP contribution in [-0.2, 0) is 6.42 Å². The van der Waals surface area contributed by atoms with E-state index in [0.29, 0.717) is 31.0 Å². The van der Waals surface area contributed by atoms with Crippen molar-refractivity contribution < 1.29 is 14.2 Å². The van der Waals surface area contributed by atoms with Crippen molar-refractivity contribution in [1.82, 2.24) is 19.6 Å². The van der Waals surface area contributed by atoms with Gasteiger partial charge >= 0.3 is 0 Å². The predicted molar refractivity (Wildman–Crippen MR) is 118 cm³/mol. The molecule has 0 fully saturated rings. The zero-order valence-corrected chi connectivity index (χ0v) is 17.6. The molecule has 160 valence electrons. The molecule has 0 saturated heterocycles. The molecule has 2 N–H and O–H groups in total. The highest BCUT2D eigenvalue weighted by Gasteiger charge is 2.13. The third-order valence-corrected chi connectivity index (χ3v) is 4.80. The minimum absolute atomic E-state index is 0.539. The molecule has 0 radical (unpaired) electrons. The fraction of sp³-hybridized carbons (Fsp3) is 0.261. The minimum atomic E-state index is 0.539. The molecule has 0 aliphatic rings. The summed E-state index contributed by atoms with van der Waals surface area (Å²) in [5.41, 5.74) is 8.89. The summed E-state index contributed by atoms with van der Waals surface area (Å²) in [7, 11) is 3.26. The lowest BCUT2D eigenvalue weighted by molar-refractivity contribution is 0.313. The Morgan fingerprint density at radius 1 is 1.00 bits per heavy atom. The van der Waals surface area contributed by atoms with Crippen LogP contribution in [0.4, 0.5) is 0 Å². The van der Waals surface area contributed by atoms with E-state index < -0.39 is 0 Å². The van der Waals surface area contributed by atoms with E-state index in [2.05, 4.69) is 10.1 Å². The van der Waals surface area contributed by atoms with E-state index in [9.17, 15) is 0 Å². The Bertz CT molecular complexity index is 1150. The number of benzene rings is 2. The van der Waals surface area contributed by atoms with E-state index in [1.165, 1.54) is 0 Å². The summed E-state index contributed by atoms with van der Waals surface area (Å²) in [6.45, 7) is 1.18. The summed E-state index contributed by atoms with van der Waals surface area (Å²) in [5, 5.41) is 4.63. The molecule has 8 heteroatoms. The number of ether oxygens (including phenoxy) is 3. The Hall–Kier alpha value is -3.65. The number of hydrogen-bond acceptors (Lipinski definition) is 7. The molecule has 2 aromatic carbocycles. The van der Waals surface area contributed by atoms with Crippen LogP contribution in [0.15, 0.2) is 54.9 Å². The second-order valence-electron chi connectivity index (χ2n) is 6.99. The first-order valence-corrected chi connectivity index (χ1v) is 10.1. The SMILES string of the molecule is COc1cc(Cc2nc3c(-c4cccc(OCCCN)c4)nccn3n2)cc(OC)c1. The maximum atomic E-state index is 5.77. The molecule has 0 unspecified atom stereocenters. The third kappa shape index (κ3) is 4.75. The van der Waals surface area contributed by atoms with Crippen molar-refractivity contribution in [3.05, 3.63) is 66.2 Å². The van der Waals surface area contributed by atoms with E-state index in [1.54, 1.807) is 31.1 Å². The van der Waals surface area contributed by atoms with Crippen LogP contribution in [0.1, 0.15) is 17.8 Å². The summed E-state index contributed by atoms with van der Waals surface area (Å²) in [4.78, 5) is 9.30. The minimum Gasteiger partial charge on any atom is -0.497 e. The maximum Gasteiger partial charge on any atom is 0.181 e. The predicted octanol–water partition coefficient (Wildman–Crippen LogP) is 3.13. The highest BCUT2D eigenvalue weighted by atomic mass is 16.5. The van der Waals surface area contributed by atoms with Crippen LogP contribution in [-0.4, -0.2) is 47.0 Å². The van der Waals surface area contributed by atoms with Gasteiger partial charge in [0.1, 0.15) is 22.9 Å². The monoisotopic (exact) mass is 419 g/mol. The average molecular weight is 419 g/mol. The van der Waals surface area contributed by atoms with E-state index in [0.717, 1.165) is 40.5 Å². The lowest BCUT2D eigenvalue weighted by Gasteiger charge is -2.07. The van der Waals surface area contributed by atoms with Crippen molar-refractivity contribution >= 4 is 5.65 Å². The third-order valence-electron chi connectivity index (χ3n) is 4.80. The van der Waals surface area contributed by atoms with Crippen molar-refractivity contribution in [2.75, 3.05) is 27.4 Å². The van der Waals surface area contributed by atoms with Crippen molar-refractivity contribution in [2.45, 2.75) is 12.8 Å². The average Bonchev–Trinajstić information content (AvgIpc) is 3.21. The molecule has 0 amide bonds. The number of methoxy groups -OCH3 is 2. The van der Waals surface area contributed by atoms with Crippen LogP contribution >= 0.6 is 0 Å². The second-order valence-corrected chi connectivity index (χ2v) is 6.99. The van der Waals surface area contributed by atoms with Crippen LogP contribution in [0.2, 0.25) is 0 Å². The molecule has 0 saturated carbocycles. The molecule has 2 heterocycles. The normalized spacial score (nSPS) is 10.9. The van der Waals surface area contributed by atoms with Gasteiger partial charge in [-0.25, -0.2) is 9.50 Å². The van der Waals surface area contributed by atoms with Gasteiger partial charge in [0.15, 0.2) is 11.5 Å². The Labute approximate surface area is 180 Å². The molecule has 2 aromatic heterocycles. The van der Waals surface area contributed by atoms with Crippen molar-refractivity contribution in [2.24, 2.45) is 5.73 Å². The van der Waals surface area contributed by atoms with E-state index in [1.807, 2.05) is 42.5 Å². The van der Waals surface area contributed by atoms with Crippen LogP contribution in [0, 0.1) is 0 Å². The molecular formula is C23H25N5O3. The van der Waals surface area contributed by atoms with Gasteiger partial charge in [-0.3, -0.25) is 4.98 Å². The van der Waals surface area contributed by atoms with Gasteiger partial charge in [0.25, 0.3) is 0 Å². The van der Waals surface area contributed by atoms with E-state index in [-0.39, 0.29) is 0 Å². The van der Waals surface area contributed by atoms with Gasteiger partial charge in [-0.2, -0.15) is 5.10 Å².